The monoisotopic (exact) mass is 419 g/mol. The minimum atomic E-state index is -0.211. The number of hydrogen-bond acceptors (Lipinski definition) is 5. The predicted molar refractivity (Wildman–Crippen MR) is 116 cm³/mol. The van der Waals surface area contributed by atoms with Crippen LogP contribution >= 0.6 is 11.3 Å². The highest BCUT2D eigenvalue weighted by molar-refractivity contribution is 7.10. The van der Waals surface area contributed by atoms with Gasteiger partial charge >= 0.3 is 0 Å². The van der Waals surface area contributed by atoms with E-state index in [4.69, 9.17) is 9.73 Å². The van der Waals surface area contributed by atoms with Crippen LogP contribution < -0.4 is 5.32 Å². The summed E-state index contributed by atoms with van der Waals surface area (Å²) in [4.78, 5) is 25.7. The van der Waals surface area contributed by atoms with E-state index < -0.39 is 0 Å². The number of nitrogens with one attached hydrogen (secondary N) is 1. The molecule has 0 spiro atoms. The Kier molecular flexibility index (Phi) is 7.05. The fourth-order valence-electron chi connectivity index (χ4n) is 4.34. The van der Waals surface area contributed by atoms with Crippen molar-refractivity contribution in [1.82, 2.24) is 20.0 Å². The fraction of sp³-hybridized carbons (Fsp3) is 0.714. The van der Waals surface area contributed by atoms with Crippen LogP contribution in [0.5, 0.6) is 0 Å². The summed E-state index contributed by atoms with van der Waals surface area (Å²) in [5, 5.41) is 5.64. The molecular weight excluding hydrogens is 386 g/mol. The maximum absolute atomic E-state index is 12.5. The number of piperazine rings is 1. The summed E-state index contributed by atoms with van der Waals surface area (Å²) in [5.74, 6) is 1.15. The minimum Gasteiger partial charge on any atom is -0.368 e. The smallest absolute Gasteiger partial charge is 0.251 e. The van der Waals surface area contributed by atoms with Gasteiger partial charge in [-0.15, -0.1) is 11.3 Å². The van der Waals surface area contributed by atoms with Crippen molar-refractivity contribution in [3.05, 3.63) is 21.9 Å². The number of guanidine groups is 1. The molecule has 2 saturated heterocycles. The third-order valence-corrected chi connectivity index (χ3v) is 7.02. The van der Waals surface area contributed by atoms with Crippen molar-refractivity contribution in [2.75, 3.05) is 59.0 Å². The first-order valence-electron chi connectivity index (χ1n) is 11.0. The molecule has 0 saturated carbocycles. The average molecular weight is 420 g/mol. The second-order valence-corrected chi connectivity index (χ2v) is 8.95. The Morgan fingerprint density at radius 1 is 1.28 bits per heavy atom. The molecule has 2 fully saturated rings. The number of ether oxygens (including phenoxy) is 1. The van der Waals surface area contributed by atoms with Gasteiger partial charge in [-0.3, -0.25) is 14.7 Å². The molecule has 1 aromatic heterocycles. The summed E-state index contributed by atoms with van der Waals surface area (Å²) in [5.41, 5.74) is 1.49. The van der Waals surface area contributed by atoms with E-state index in [0.29, 0.717) is 0 Å². The maximum Gasteiger partial charge on any atom is 0.251 e. The number of thiophene rings is 1. The Labute approximate surface area is 177 Å². The molecule has 1 atom stereocenters. The lowest BCUT2D eigenvalue weighted by atomic mass is 10.1. The number of rotatable bonds is 5. The van der Waals surface area contributed by atoms with E-state index in [9.17, 15) is 4.79 Å². The number of carbonyl (C=O) groups excluding carboxylic acids is 1. The number of carbonyl (C=O) groups is 1. The Morgan fingerprint density at radius 3 is 2.86 bits per heavy atom. The summed E-state index contributed by atoms with van der Waals surface area (Å²) in [7, 11) is 0. The summed E-state index contributed by atoms with van der Waals surface area (Å²) < 4.78 is 5.56. The second kappa shape index (κ2) is 9.91. The van der Waals surface area contributed by atoms with Crippen LogP contribution in [0, 0.1) is 0 Å². The molecule has 4 rings (SSSR count). The van der Waals surface area contributed by atoms with Crippen molar-refractivity contribution < 1.29 is 9.53 Å². The topological polar surface area (TPSA) is 60.4 Å². The van der Waals surface area contributed by atoms with Crippen molar-refractivity contribution in [2.24, 2.45) is 4.99 Å². The molecule has 1 unspecified atom stereocenters. The lowest BCUT2D eigenvalue weighted by Crippen LogP contribution is -2.55. The van der Waals surface area contributed by atoms with Gasteiger partial charge in [0, 0.05) is 63.8 Å². The molecule has 3 aliphatic heterocycles. The van der Waals surface area contributed by atoms with Crippen molar-refractivity contribution in [3.8, 4) is 0 Å². The van der Waals surface area contributed by atoms with Gasteiger partial charge in [0.25, 0.3) is 5.91 Å². The number of aliphatic imine (C=N–C) groups is 1. The van der Waals surface area contributed by atoms with Crippen molar-refractivity contribution >= 4 is 23.2 Å². The Balaban J connectivity index is 1.26. The molecule has 0 aromatic carbocycles. The van der Waals surface area contributed by atoms with Gasteiger partial charge in [0.05, 0.1) is 6.54 Å². The van der Waals surface area contributed by atoms with Gasteiger partial charge in [-0.05, 0) is 43.2 Å². The normalized spacial score (nSPS) is 23.3. The third-order valence-electron chi connectivity index (χ3n) is 6.00. The third kappa shape index (κ3) is 5.10. The molecule has 8 heteroatoms. The van der Waals surface area contributed by atoms with E-state index in [1.165, 1.54) is 5.56 Å². The molecule has 0 aliphatic carbocycles. The van der Waals surface area contributed by atoms with Crippen LogP contribution in [0.2, 0.25) is 0 Å². The molecule has 3 aliphatic rings. The molecule has 1 N–H and O–H groups in total. The van der Waals surface area contributed by atoms with E-state index in [0.717, 1.165) is 90.7 Å². The molecule has 0 bridgehead atoms. The zero-order valence-electron chi connectivity index (χ0n) is 17.4. The summed E-state index contributed by atoms with van der Waals surface area (Å²) in [6.07, 6.45) is 2.82. The number of amides is 1. The van der Waals surface area contributed by atoms with Gasteiger partial charge < -0.3 is 19.9 Å². The highest BCUT2D eigenvalue weighted by Crippen LogP contribution is 2.23. The Bertz CT molecular complexity index is 708. The summed E-state index contributed by atoms with van der Waals surface area (Å²) in [6, 6.07) is 2.26. The van der Waals surface area contributed by atoms with Crippen LogP contribution in [0.15, 0.2) is 16.4 Å². The van der Waals surface area contributed by atoms with Crippen molar-refractivity contribution in [2.45, 2.75) is 38.8 Å². The van der Waals surface area contributed by atoms with Gasteiger partial charge in [0.2, 0.25) is 0 Å². The standard InChI is InChI=1S/C21H33N5O2S/c1-2-22-21(23-7-9-24-8-5-19-17(16-24)6-15-29-19)26-12-10-25(11-13-26)20(27)18-4-3-14-28-18/h6,15,18H,2-5,7-14,16H2,1H3,(H,22,23). The maximum atomic E-state index is 12.5. The molecular formula is C21H33N5O2S. The van der Waals surface area contributed by atoms with Gasteiger partial charge in [0.1, 0.15) is 6.10 Å². The first-order chi connectivity index (χ1) is 14.2. The van der Waals surface area contributed by atoms with Crippen LogP contribution in [0.4, 0.5) is 0 Å². The molecule has 29 heavy (non-hydrogen) atoms. The van der Waals surface area contributed by atoms with E-state index in [-0.39, 0.29) is 12.0 Å². The first-order valence-corrected chi connectivity index (χ1v) is 11.8. The number of nitrogens with zero attached hydrogens (tertiary/aromatic N) is 4. The highest BCUT2D eigenvalue weighted by Gasteiger charge is 2.30. The second-order valence-electron chi connectivity index (χ2n) is 7.94. The number of fused-ring (bicyclic) bond motifs is 1. The zero-order chi connectivity index (χ0) is 20.1. The van der Waals surface area contributed by atoms with Gasteiger partial charge in [-0.2, -0.15) is 0 Å². The SMILES string of the molecule is CCNC(=NCCN1CCc2sccc2C1)N1CCN(C(=O)C2CCCO2)CC1. The molecule has 7 nitrogen and oxygen atoms in total. The quantitative estimate of drug-likeness (QED) is 0.577. The Hall–Kier alpha value is -1.64. The van der Waals surface area contributed by atoms with E-state index in [1.807, 2.05) is 16.2 Å². The van der Waals surface area contributed by atoms with Gasteiger partial charge in [-0.1, -0.05) is 0 Å². The molecule has 4 heterocycles. The Morgan fingerprint density at radius 2 is 2.10 bits per heavy atom. The van der Waals surface area contributed by atoms with Crippen LogP contribution in [0.1, 0.15) is 30.2 Å². The van der Waals surface area contributed by atoms with Crippen LogP contribution in [-0.2, 0) is 22.5 Å². The largest absolute Gasteiger partial charge is 0.368 e. The lowest BCUT2D eigenvalue weighted by molar-refractivity contribution is -0.142. The minimum absolute atomic E-state index is 0.169. The zero-order valence-corrected chi connectivity index (χ0v) is 18.3. The molecule has 1 aromatic rings. The van der Waals surface area contributed by atoms with Crippen LogP contribution in [0.25, 0.3) is 0 Å². The summed E-state index contributed by atoms with van der Waals surface area (Å²) in [6.45, 7) is 10.8. The lowest BCUT2D eigenvalue weighted by Gasteiger charge is -2.37. The van der Waals surface area contributed by atoms with E-state index in [2.05, 4.69) is 33.5 Å². The van der Waals surface area contributed by atoms with E-state index >= 15 is 0 Å². The first kappa shape index (κ1) is 20.6. The van der Waals surface area contributed by atoms with Gasteiger partial charge in [0.15, 0.2) is 5.96 Å². The highest BCUT2D eigenvalue weighted by atomic mass is 32.1. The summed E-state index contributed by atoms with van der Waals surface area (Å²) >= 11 is 1.88. The number of hydrogen-bond donors (Lipinski definition) is 1. The van der Waals surface area contributed by atoms with Crippen LogP contribution in [0.3, 0.4) is 0 Å². The van der Waals surface area contributed by atoms with Crippen molar-refractivity contribution in [3.63, 3.8) is 0 Å². The van der Waals surface area contributed by atoms with Gasteiger partial charge in [-0.25, -0.2) is 0 Å². The van der Waals surface area contributed by atoms with Crippen molar-refractivity contribution in [1.29, 1.82) is 0 Å². The molecule has 160 valence electrons. The fourth-order valence-corrected chi connectivity index (χ4v) is 5.23. The molecule has 1 amide bonds. The average Bonchev–Trinajstić information content (AvgIpc) is 3.44. The molecule has 0 radical (unpaired) electrons. The van der Waals surface area contributed by atoms with E-state index in [1.54, 1.807) is 4.88 Å². The predicted octanol–water partition coefficient (Wildman–Crippen LogP) is 1.39. The van der Waals surface area contributed by atoms with Crippen LogP contribution in [-0.4, -0.2) is 91.6 Å².